The Hall–Kier alpha value is -4.70. The first-order chi connectivity index (χ1) is 20.3. The summed E-state index contributed by atoms with van der Waals surface area (Å²) in [6, 6.07) is 27.2. The molecule has 1 aliphatic rings. The Kier molecular flexibility index (Phi) is 7.38. The van der Waals surface area contributed by atoms with E-state index in [0.717, 1.165) is 34.3 Å². The number of rotatable bonds is 7. The Bertz CT molecular complexity index is 1750. The van der Waals surface area contributed by atoms with Crippen LogP contribution in [-0.4, -0.2) is 32.0 Å². The number of alkyl halides is 3. The molecule has 6 rings (SSSR count). The lowest BCUT2D eigenvalue weighted by molar-refractivity contribution is -0.137. The molecule has 3 aromatic carbocycles. The number of pyridine rings is 1. The van der Waals surface area contributed by atoms with Crippen LogP contribution in [0.4, 0.5) is 18.9 Å². The number of nitrogens with one attached hydrogen (secondary N) is 2. The lowest BCUT2D eigenvalue weighted by Crippen LogP contribution is -2.33. The number of aromatic nitrogens is 2. The molecule has 6 nitrogen and oxygen atoms in total. The summed E-state index contributed by atoms with van der Waals surface area (Å²) in [5.74, 6) is -0.178. The van der Waals surface area contributed by atoms with Gasteiger partial charge in [-0.1, -0.05) is 48.5 Å². The van der Waals surface area contributed by atoms with Crippen LogP contribution in [0, 0.1) is 0 Å². The Morgan fingerprint density at radius 1 is 0.952 bits per heavy atom. The predicted molar refractivity (Wildman–Crippen MR) is 160 cm³/mol. The number of halogens is 3. The zero-order chi connectivity index (χ0) is 29.3. The average Bonchev–Trinajstić information content (AvgIpc) is 3.60. The smallest absolute Gasteiger partial charge is 0.352 e. The number of hydrogen-bond acceptors (Lipinski definition) is 3. The number of hydrogen-bond donors (Lipinski definition) is 2. The van der Waals surface area contributed by atoms with Crippen molar-refractivity contribution >= 4 is 39.7 Å². The van der Waals surface area contributed by atoms with Gasteiger partial charge in [0.05, 0.1) is 23.3 Å². The van der Waals surface area contributed by atoms with Crippen molar-refractivity contribution in [3.8, 4) is 5.69 Å². The molecule has 10 heteroatoms. The molecule has 1 amide bonds. The number of carbonyl (C=O) groups is 1. The van der Waals surface area contributed by atoms with Crippen molar-refractivity contribution in [2.24, 2.45) is 0 Å². The second kappa shape index (κ2) is 11.3. The van der Waals surface area contributed by atoms with Crippen molar-refractivity contribution in [1.29, 1.82) is 0 Å². The number of amides is 1. The van der Waals surface area contributed by atoms with Gasteiger partial charge < -0.3 is 20.1 Å². The largest absolute Gasteiger partial charge is 0.416 e. The fraction of sp³-hybridized carbons (Fsp3) is 0.156. The highest BCUT2D eigenvalue weighted by molar-refractivity contribution is 7.80. The van der Waals surface area contributed by atoms with Gasteiger partial charge in [0.2, 0.25) is 5.91 Å². The molecule has 0 saturated carbocycles. The van der Waals surface area contributed by atoms with Gasteiger partial charge in [-0.3, -0.25) is 9.78 Å². The third-order valence-corrected chi connectivity index (χ3v) is 7.73. The quantitative estimate of drug-likeness (QED) is 0.201. The minimum atomic E-state index is -4.47. The molecule has 0 bridgehead atoms. The standard InChI is InChI=1S/C32H26F3N5OS/c33-32(34,35)22-10-6-11-23(20-22)39-18-7-15-27(39)30-29(26-13-3-4-17-36-26)38-31(42)40(30)19-16-28(41)37-25-14-5-9-21-8-1-2-12-24(21)25/h1-15,17-18,20,29-30H,16,19H2,(H,37,41)(H,38,42)/t29-,30+/m1/s1. The molecule has 1 aliphatic heterocycles. The molecule has 5 aromatic rings. The van der Waals surface area contributed by atoms with Gasteiger partial charge in [0.1, 0.15) is 0 Å². The molecule has 0 unspecified atom stereocenters. The molecule has 2 aromatic heterocycles. The van der Waals surface area contributed by atoms with Gasteiger partial charge in [-0.15, -0.1) is 0 Å². The fourth-order valence-corrected chi connectivity index (χ4v) is 5.77. The Morgan fingerprint density at radius 2 is 1.74 bits per heavy atom. The summed E-state index contributed by atoms with van der Waals surface area (Å²) in [6.45, 7) is 0.282. The first kappa shape index (κ1) is 27.5. The van der Waals surface area contributed by atoms with Crippen molar-refractivity contribution in [3.63, 3.8) is 0 Å². The van der Waals surface area contributed by atoms with E-state index in [1.54, 1.807) is 29.1 Å². The van der Waals surface area contributed by atoms with Crippen molar-refractivity contribution in [2.75, 3.05) is 11.9 Å². The molecule has 1 saturated heterocycles. The predicted octanol–water partition coefficient (Wildman–Crippen LogP) is 7.05. The van der Waals surface area contributed by atoms with Crippen molar-refractivity contribution in [2.45, 2.75) is 24.7 Å². The van der Waals surface area contributed by atoms with Gasteiger partial charge in [0.25, 0.3) is 0 Å². The topological polar surface area (TPSA) is 62.2 Å². The maximum Gasteiger partial charge on any atom is 0.416 e. The van der Waals surface area contributed by atoms with Crippen LogP contribution in [0.3, 0.4) is 0 Å². The monoisotopic (exact) mass is 585 g/mol. The molecule has 0 aliphatic carbocycles. The SMILES string of the molecule is O=C(CCN1C(=S)N[C@H](c2ccccn2)[C@@H]1c1cccn1-c1cccc(C(F)(F)F)c1)Nc1cccc2ccccc12. The highest BCUT2D eigenvalue weighted by Crippen LogP contribution is 2.40. The first-order valence-corrected chi connectivity index (χ1v) is 13.8. The lowest BCUT2D eigenvalue weighted by Gasteiger charge is -2.29. The van der Waals surface area contributed by atoms with Gasteiger partial charge in [0, 0.05) is 47.8 Å². The normalized spacial score (nSPS) is 16.9. The van der Waals surface area contributed by atoms with Crippen LogP contribution in [0.2, 0.25) is 0 Å². The number of carbonyl (C=O) groups excluding carboxylic acids is 1. The maximum absolute atomic E-state index is 13.5. The van der Waals surface area contributed by atoms with Crippen LogP contribution in [0.5, 0.6) is 0 Å². The molecule has 3 heterocycles. The van der Waals surface area contributed by atoms with E-state index in [0.29, 0.717) is 16.5 Å². The van der Waals surface area contributed by atoms with E-state index < -0.39 is 17.8 Å². The molecule has 2 atom stereocenters. The van der Waals surface area contributed by atoms with Crippen molar-refractivity contribution in [1.82, 2.24) is 19.8 Å². The van der Waals surface area contributed by atoms with E-state index in [1.165, 1.54) is 6.07 Å². The molecule has 1 fully saturated rings. The summed E-state index contributed by atoms with van der Waals surface area (Å²) in [5.41, 5.74) is 1.80. The fourth-order valence-electron chi connectivity index (χ4n) is 5.44. The van der Waals surface area contributed by atoms with Gasteiger partial charge in [-0.25, -0.2) is 0 Å². The molecule has 42 heavy (non-hydrogen) atoms. The van der Waals surface area contributed by atoms with E-state index in [2.05, 4.69) is 15.6 Å². The first-order valence-electron chi connectivity index (χ1n) is 13.4. The molecule has 0 spiro atoms. The van der Waals surface area contributed by atoms with E-state index in [9.17, 15) is 18.0 Å². The van der Waals surface area contributed by atoms with Crippen molar-refractivity contribution in [3.05, 3.63) is 126 Å². The minimum Gasteiger partial charge on any atom is -0.352 e. The summed E-state index contributed by atoms with van der Waals surface area (Å²) in [4.78, 5) is 19.6. The van der Waals surface area contributed by atoms with Crippen LogP contribution >= 0.6 is 12.2 Å². The second-order valence-electron chi connectivity index (χ2n) is 10.00. The zero-order valence-electron chi connectivity index (χ0n) is 22.3. The van der Waals surface area contributed by atoms with Crippen LogP contribution < -0.4 is 10.6 Å². The zero-order valence-corrected chi connectivity index (χ0v) is 23.1. The number of fused-ring (bicyclic) bond motifs is 1. The van der Waals surface area contributed by atoms with Crippen molar-refractivity contribution < 1.29 is 18.0 Å². The summed E-state index contributed by atoms with van der Waals surface area (Å²) in [6.07, 6.45) is -0.920. The highest BCUT2D eigenvalue weighted by Gasteiger charge is 2.41. The molecule has 0 radical (unpaired) electrons. The highest BCUT2D eigenvalue weighted by atomic mass is 32.1. The number of thiocarbonyl (C=S) groups is 1. The van der Waals surface area contributed by atoms with E-state index in [1.807, 2.05) is 71.6 Å². The Balaban J connectivity index is 1.31. The van der Waals surface area contributed by atoms with E-state index >= 15 is 0 Å². The molecular formula is C32H26F3N5OS. The van der Waals surface area contributed by atoms with Crippen LogP contribution in [-0.2, 0) is 11.0 Å². The third-order valence-electron chi connectivity index (χ3n) is 7.38. The minimum absolute atomic E-state index is 0.140. The average molecular weight is 586 g/mol. The lowest BCUT2D eigenvalue weighted by atomic mass is 10.0. The van der Waals surface area contributed by atoms with Crippen LogP contribution in [0.15, 0.2) is 109 Å². The summed E-state index contributed by atoms with van der Waals surface area (Å²) in [7, 11) is 0. The Morgan fingerprint density at radius 3 is 2.55 bits per heavy atom. The molecular weight excluding hydrogens is 559 g/mol. The molecule has 2 N–H and O–H groups in total. The van der Waals surface area contributed by atoms with E-state index in [-0.39, 0.29) is 24.9 Å². The van der Waals surface area contributed by atoms with Gasteiger partial charge in [0.15, 0.2) is 5.11 Å². The van der Waals surface area contributed by atoms with Gasteiger partial charge >= 0.3 is 6.18 Å². The molecule has 212 valence electrons. The maximum atomic E-state index is 13.5. The number of benzene rings is 3. The number of nitrogens with zero attached hydrogens (tertiary/aromatic N) is 3. The van der Waals surface area contributed by atoms with E-state index in [4.69, 9.17) is 12.2 Å². The van der Waals surface area contributed by atoms with Gasteiger partial charge in [-0.2, -0.15) is 13.2 Å². The Labute approximate surface area is 245 Å². The summed E-state index contributed by atoms with van der Waals surface area (Å²) < 4.78 is 42.3. The van der Waals surface area contributed by atoms with Crippen LogP contribution in [0.1, 0.15) is 35.5 Å². The summed E-state index contributed by atoms with van der Waals surface area (Å²) in [5, 5.41) is 8.76. The summed E-state index contributed by atoms with van der Waals surface area (Å²) >= 11 is 5.74. The third kappa shape index (κ3) is 5.45. The van der Waals surface area contributed by atoms with Gasteiger partial charge in [-0.05, 0) is 66.1 Å². The van der Waals surface area contributed by atoms with Crippen LogP contribution in [0.25, 0.3) is 16.5 Å². The number of anilines is 1. The second-order valence-corrected chi connectivity index (χ2v) is 10.4.